The second kappa shape index (κ2) is 9.19. The Balaban J connectivity index is 1.96. The van der Waals surface area contributed by atoms with Crippen molar-refractivity contribution >= 4 is 46.3 Å². The molecule has 0 saturated carbocycles. The third-order valence-corrected chi connectivity index (χ3v) is 4.33. The predicted molar refractivity (Wildman–Crippen MR) is 114 cm³/mol. The van der Waals surface area contributed by atoms with E-state index in [0.717, 1.165) is 5.56 Å². The van der Waals surface area contributed by atoms with E-state index >= 15 is 0 Å². The fourth-order valence-electron chi connectivity index (χ4n) is 2.67. The Hall–Kier alpha value is -3.72. The third kappa shape index (κ3) is 4.81. The molecule has 0 aliphatic carbocycles. The van der Waals surface area contributed by atoms with Gasteiger partial charge in [-0.15, -0.1) is 0 Å². The number of ether oxygens (including phenoxy) is 1. The van der Waals surface area contributed by atoms with Crippen LogP contribution >= 0.6 is 11.6 Å². The van der Waals surface area contributed by atoms with E-state index in [9.17, 15) is 14.9 Å². The topological polar surface area (TPSA) is 119 Å². The summed E-state index contributed by atoms with van der Waals surface area (Å²) < 4.78 is 4.98. The van der Waals surface area contributed by atoms with Crippen molar-refractivity contribution in [2.45, 2.75) is 13.8 Å². The Morgan fingerprint density at radius 3 is 2.60 bits per heavy atom. The van der Waals surface area contributed by atoms with Gasteiger partial charge in [-0.3, -0.25) is 10.1 Å². The van der Waals surface area contributed by atoms with E-state index in [1.54, 1.807) is 43.3 Å². The number of aromatic nitrogens is 2. The summed E-state index contributed by atoms with van der Waals surface area (Å²) in [5, 5.41) is 18.1. The highest BCUT2D eigenvalue weighted by atomic mass is 35.5. The first-order valence-corrected chi connectivity index (χ1v) is 9.33. The average Bonchev–Trinajstić information content (AvgIpc) is 2.71. The van der Waals surface area contributed by atoms with E-state index in [2.05, 4.69) is 20.6 Å². The molecule has 0 radical (unpaired) electrons. The minimum absolute atomic E-state index is 0.00409. The fraction of sp³-hybridized carbons (Fsp3) is 0.150. The van der Waals surface area contributed by atoms with Crippen LogP contribution in [0.4, 0.5) is 28.7 Å². The molecule has 0 bridgehead atoms. The maximum atomic E-state index is 11.9. The van der Waals surface area contributed by atoms with Gasteiger partial charge >= 0.3 is 11.7 Å². The molecular weight excluding hydrogens is 410 g/mol. The number of esters is 1. The number of nitrogens with zero attached hydrogens (tertiary/aromatic N) is 3. The molecule has 1 heterocycles. The normalized spacial score (nSPS) is 10.4. The number of anilines is 4. The molecule has 10 heteroatoms. The number of nitrogens with one attached hydrogen (secondary N) is 2. The Morgan fingerprint density at radius 1 is 1.17 bits per heavy atom. The van der Waals surface area contributed by atoms with Gasteiger partial charge in [0.05, 0.1) is 17.1 Å². The van der Waals surface area contributed by atoms with Gasteiger partial charge in [0.2, 0.25) is 11.6 Å². The largest absolute Gasteiger partial charge is 0.462 e. The van der Waals surface area contributed by atoms with Crippen molar-refractivity contribution < 1.29 is 14.5 Å². The average molecular weight is 428 g/mol. The Labute approximate surface area is 177 Å². The van der Waals surface area contributed by atoms with Crippen LogP contribution < -0.4 is 10.6 Å². The minimum Gasteiger partial charge on any atom is -0.462 e. The van der Waals surface area contributed by atoms with Crippen molar-refractivity contribution in [2.75, 3.05) is 17.2 Å². The fourth-order valence-corrected chi connectivity index (χ4v) is 2.84. The van der Waals surface area contributed by atoms with Crippen LogP contribution in [-0.2, 0) is 4.74 Å². The van der Waals surface area contributed by atoms with E-state index in [1.165, 1.54) is 12.4 Å². The van der Waals surface area contributed by atoms with Crippen LogP contribution in [0.25, 0.3) is 0 Å². The molecule has 30 heavy (non-hydrogen) atoms. The number of hydrogen-bond acceptors (Lipinski definition) is 8. The summed E-state index contributed by atoms with van der Waals surface area (Å²) in [5.41, 5.74) is 1.82. The molecule has 0 aliphatic rings. The first-order valence-electron chi connectivity index (χ1n) is 8.95. The summed E-state index contributed by atoms with van der Waals surface area (Å²) in [7, 11) is 0. The van der Waals surface area contributed by atoms with Crippen LogP contribution in [-0.4, -0.2) is 27.5 Å². The van der Waals surface area contributed by atoms with Crippen LogP contribution in [0.1, 0.15) is 22.8 Å². The van der Waals surface area contributed by atoms with Gasteiger partial charge in [-0.1, -0.05) is 23.7 Å². The summed E-state index contributed by atoms with van der Waals surface area (Å²) in [6, 6.07) is 11.6. The molecule has 0 amide bonds. The molecule has 0 aliphatic heterocycles. The van der Waals surface area contributed by atoms with Crippen molar-refractivity contribution in [3.8, 4) is 0 Å². The molecule has 2 aromatic carbocycles. The highest BCUT2D eigenvalue weighted by molar-refractivity contribution is 6.30. The summed E-state index contributed by atoms with van der Waals surface area (Å²) in [4.78, 5) is 31.2. The van der Waals surface area contributed by atoms with Gasteiger partial charge < -0.3 is 15.4 Å². The van der Waals surface area contributed by atoms with Crippen molar-refractivity contribution in [3.63, 3.8) is 0 Å². The summed E-state index contributed by atoms with van der Waals surface area (Å²) in [6.07, 6.45) is 1.20. The lowest BCUT2D eigenvalue weighted by Crippen LogP contribution is -2.07. The molecule has 0 spiro atoms. The number of benzene rings is 2. The molecule has 2 N–H and O–H groups in total. The summed E-state index contributed by atoms with van der Waals surface area (Å²) in [6.45, 7) is 3.79. The number of aryl methyl sites for hydroxylation is 1. The zero-order valence-electron chi connectivity index (χ0n) is 16.2. The zero-order valence-corrected chi connectivity index (χ0v) is 16.9. The van der Waals surface area contributed by atoms with Gasteiger partial charge in [0.25, 0.3) is 0 Å². The van der Waals surface area contributed by atoms with Gasteiger partial charge in [-0.25, -0.2) is 14.8 Å². The smallest absolute Gasteiger partial charge is 0.353 e. The Bertz CT molecular complexity index is 1110. The second-order valence-electron chi connectivity index (χ2n) is 6.19. The molecule has 0 fully saturated rings. The molecule has 0 atom stereocenters. The lowest BCUT2D eigenvalue weighted by molar-refractivity contribution is -0.383. The number of carbonyl (C=O) groups excluding carboxylic acids is 1. The van der Waals surface area contributed by atoms with E-state index in [0.29, 0.717) is 22.0 Å². The Morgan fingerprint density at radius 2 is 1.90 bits per heavy atom. The lowest BCUT2D eigenvalue weighted by atomic mass is 10.2. The van der Waals surface area contributed by atoms with Gasteiger partial charge in [0.15, 0.2) is 0 Å². The van der Waals surface area contributed by atoms with Gasteiger partial charge in [-0.2, -0.15) is 0 Å². The number of carbonyl (C=O) groups is 1. The molecule has 0 unspecified atom stereocenters. The highest BCUT2D eigenvalue weighted by Crippen LogP contribution is 2.34. The quantitative estimate of drug-likeness (QED) is 0.306. The van der Waals surface area contributed by atoms with Crippen LogP contribution in [0.15, 0.2) is 48.8 Å². The number of nitro groups is 1. The first-order chi connectivity index (χ1) is 14.4. The third-order valence-electron chi connectivity index (χ3n) is 4.09. The van der Waals surface area contributed by atoms with Crippen LogP contribution in [0.3, 0.4) is 0 Å². The van der Waals surface area contributed by atoms with Crippen LogP contribution in [0, 0.1) is 17.0 Å². The minimum atomic E-state index is -0.584. The molecule has 9 nitrogen and oxygen atoms in total. The lowest BCUT2D eigenvalue weighted by Gasteiger charge is -2.12. The van der Waals surface area contributed by atoms with Gasteiger partial charge in [-0.05, 0) is 49.7 Å². The van der Waals surface area contributed by atoms with E-state index < -0.39 is 10.9 Å². The maximum absolute atomic E-state index is 11.9. The van der Waals surface area contributed by atoms with Gasteiger partial charge in [0, 0.05) is 16.4 Å². The van der Waals surface area contributed by atoms with E-state index in [1.807, 2.05) is 6.92 Å². The molecule has 154 valence electrons. The van der Waals surface area contributed by atoms with Crippen molar-refractivity contribution in [3.05, 3.63) is 75.1 Å². The highest BCUT2D eigenvalue weighted by Gasteiger charge is 2.24. The summed E-state index contributed by atoms with van der Waals surface area (Å²) in [5.74, 6) is -0.514. The first kappa shape index (κ1) is 21.0. The van der Waals surface area contributed by atoms with Gasteiger partial charge in [0.1, 0.15) is 6.33 Å². The number of hydrogen-bond donors (Lipinski definition) is 2. The monoisotopic (exact) mass is 427 g/mol. The zero-order chi connectivity index (χ0) is 21.7. The van der Waals surface area contributed by atoms with Crippen LogP contribution in [0.5, 0.6) is 0 Å². The molecular formula is C20H18ClN5O4. The molecule has 1 aromatic heterocycles. The van der Waals surface area contributed by atoms with Crippen LogP contribution in [0.2, 0.25) is 5.02 Å². The second-order valence-corrected chi connectivity index (χ2v) is 6.62. The SMILES string of the molecule is CCOC(=O)c1cccc(Nc2ncnc(Nc3cc(Cl)ccc3C)c2[N+](=O)[O-])c1. The van der Waals surface area contributed by atoms with Crippen molar-refractivity contribution in [2.24, 2.45) is 0 Å². The molecule has 3 rings (SSSR count). The summed E-state index contributed by atoms with van der Waals surface area (Å²) >= 11 is 6.03. The predicted octanol–water partition coefficient (Wildman–Crippen LogP) is 5.01. The molecule has 0 saturated heterocycles. The molecule has 3 aromatic rings. The number of halogens is 1. The number of rotatable bonds is 7. The van der Waals surface area contributed by atoms with E-state index in [-0.39, 0.29) is 23.9 Å². The standard InChI is InChI=1S/C20H18ClN5O4/c1-3-30-20(27)13-5-4-6-15(9-13)24-18-17(26(28)29)19(23-11-22-18)25-16-10-14(21)8-7-12(16)2/h4-11H,3H2,1-2H3,(H2,22,23,24,25). The van der Waals surface area contributed by atoms with Crippen molar-refractivity contribution in [1.29, 1.82) is 0 Å². The van der Waals surface area contributed by atoms with Crippen molar-refractivity contribution in [1.82, 2.24) is 9.97 Å². The van der Waals surface area contributed by atoms with E-state index in [4.69, 9.17) is 16.3 Å². The maximum Gasteiger partial charge on any atom is 0.353 e. The Kier molecular flexibility index (Phi) is 6.43.